The van der Waals surface area contributed by atoms with Crippen molar-refractivity contribution in [3.05, 3.63) is 29.8 Å². The first kappa shape index (κ1) is 17.7. The average Bonchev–Trinajstić information content (AvgIpc) is 3.00. The molecule has 0 radical (unpaired) electrons. The molecule has 0 spiro atoms. The van der Waals surface area contributed by atoms with E-state index in [4.69, 9.17) is 4.74 Å². The largest absolute Gasteiger partial charge is 0.386 e. The van der Waals surface area contributed by atoms with E-state index in [1.165, 1.54) is 11.3 Å². The fraction of sp³-hybridized carbons (Fsp3) is 0.700. The Hall–Kier alpha value is -1.10. The van der Waals surface area contributed by atoms with Gasteiger partial charge in [-0.2, -0.15) is 0 Å². The molecule has 24 heavy (non-hydrogen) atoms. The molecule has 2 N–H and O–H groups in total. The summed E-state index contributed by atoms with van der Waals surface area (Å²) in [5, 5.41) is 13.9. The summed E-state index contributed by atoms with van der Waals surface area (Å²) in [7, 11) is 0. The number of nitrogens with one attached hydrogen (secondary N) is 1. The van der Waals surface area contributed by atoms with Gasteiger partial charge in [-0.05, 0) is 36.0 Å². The minimum Gasteiger partial charge on any atom is -0.386 e. The van der Waals surface area contributed by atoms with Gasteiger partial charge >= 0.3 is 0 Å². The molecule has 4 heteroatoms. The van der Waals surface area contributed by atoms with Gasteiger partial charge in [-0.15, -0.1) is 0 Å². The number of piperidine rings is 1. The van der Waals surface area contributed by atoms with Gasteiger partial charge in [-0.1, -0.05) is 32.9 Å². The predicted octanol–water partition coefficient (Wildman–Crippen LogP) is 2.69. The minimum atomic E-state index is -0.653. The summed E-state index contributed by atoms with van der Waals surface area (Å²) in [6, 6.07) is 9.53. The number of hydrogen-bond donors (Lipinski definition) is 2. The van der Waals surface area contributed by atoms with Crippen LogP contribution in [0.4, 0.5) is 5.69 Å². The average molecular weight is 332 g/mol. The van der Waals surface area contributed by atoms with E-state index in [1.807, 2.05) is 0 Å². The highest BCUT2D eigenvalue weighted by Crippen LogP contribution is 2.26. The SMILES string of the molecule is CC(C)(C)c1ccc(N2CCC(NC[C@@]3(O)CCOC3)CC2)cc1. The van der Waals surface area contributed by atoms with Crippen molar-refractivity contribution in [2.75, 3.05) is 37.7 Å². The Bertz CT molecular complexity index is 522. The number of hydrogen-bond acceptors (Lipinski definition) is 4. The van der Waals surface area contributed by atoms with Gasteiger partial charge in [0.05, 0.1) is 6.61 Å². The molecule has 0 unspecified atom stereocenters. The number of nitrogens with zero attached hydrogens (tertiary/aromatic N) is 1. The number of anilines is 1. The van der Waals surface area contributed by atoms with Gasteiger partial charge in [-0.3, -0.25) is 0 Å². The number of benzene rings is 1. The first-order valence-corrected chi connectivity index (χ1v) is 9.25. The third kappa shape index (κ3) is 4.29. The highest BCUT2D eigenvalue weighted by Gasteiger charge is 2.33. The van der Waals surface area contributed by atoms with E-state index in [-0.39, 0.29) is 5.41 Å². The van der Waals surface area contributed by atoms with Crippen LogP contribution in [0.3, 0.4) is 0 Å². The molecule has 2 heterocycles. The van der Waals surface area contributed by atoms with E-state index in [0.29, 0.717) is 25.8 Å². The molecular weight excluding hydrogens is 300 g/mol. The molecule has 0 saturated carbocycles. The summed E-state index contributed by atoms with van der Waals surface area (Å²) in [6.45, 7) is 10.7. The van der Waals surface area contributed by atoms with Gasteiger partial charge < -0.3 is 20.1 Å². The molecule has 1 atom stereocenters. The van der Waals surface area contributed by atoms with E-state index < -0.39 is 5.60 Å². The number of ether oxygens (including phenoxy) is 1. The molecule has 0 aromatic heterocycles. The van der Waals surface area contributed by atoms with Crippen molar-refractivity contribution in [2.45, 2.75) is 57.1 Å². The smallest absolute Gasteiger partial charge is 0.102 e. The highest BCUT2D eigenvalue weighted by molar-refractivity contribution is 5.49. The minimum absolute atomic E-state index is 0.208. The Kier molecular flexibility index (Phi) is 5.19. The second-order valence-corrected chi connectivity index (χ2v) is 8.47. The maximum Gasteiger partial charge on any atom is 0.102 e. The van der Waals surface area contributed by atoms with Crippen LogP contribution in [-0.2, 0) is 10.2 Å². The Morgan fingerprint density at radius 1 is 1.21 bits per heavy atom. The van der Waals surface area contributed by atoms with Crippen LogP contribution in [0.25, 0.3) is 0 Å². The molecule has 134 valence electrons. The zero-order valence-corrected chi connectivity index (χ0v) is 15.3. The lowest BCUT2D eigenvalue weighted by Gasteiger charge is -2.35. The molecule has 1 aromatic carbocycles. The zero-order chi connectivity index (χ0) is 17.2. The van der Waals surface area contributed by atoms with Crippen LogP contribution in [0.5, 0.6) is 0 Å². The third-order valence-electron chi connectivity index (χ3n) is 5.40. The summed E-state index contributed by atoms with van der Waals surface area (Å²) in [5.74, 6) is 0. The van der Waals surface area contributed by atoms with Gasteiger partial charge in [-0.25, -0.2) is 0 Å². The monoisotopic (exact) mass is 332 g/mol. The molecule has 4 nitrogen and oxygen atoms in total. The van der Waals surface area contributed by atoms with Gasteiger partial charge in [0, 0.05) is 44.4 Å². The van der Waals surface area contributed by atoms with Crippen molar-refractivity contribution >= 4 is 5.69 Å². The summed E-state index contributed by atoms with van der Waals surface area (Å²) < 4.78 is 5.31. The topological polar surface area (TPSA) is 44.7 Å². The standard InChI is InChI=1S/C20H32N2O2/c1-19(2,3)16-4-6-18(7-5-16)22-11-8-17(9-12-22)21-14-20(23)10-13-24-15-20/h4-7,17,21,23H,8-15H2,1-3H3/t20-/m0/s1. The van der Waals surface area contributed by atoms with Crippen molar-refractivity contribution in [3.63, 3.8) is 0 Å². The Balaban J connectivity index is 1.48. The van der Waals surface area contributed by atoms with Crippen molar-refractivity contribution in [3.8, 4) is 0 Å². The van der Waals surface area contributed by atoms with E-state index in [1.54, 1.807) is 0 Å². The summed E-state index contributed by atoms with van der Waals surface area (Å²) in [4.78, 5) is 2.47. The molecule has 2 saturated heterocycles. The van der Waals surface area contributed by atoms with Crippen molar-refractivity contribution in [2.24, 2.45) is 0 Å². The van der Waals surface area contributed by atoms with Crippen molar-refractivity contribution in [1.29, 1.82) is 0 Å². The quantitative estimate of drug-likeness (QED) is 0.890. The van der Waals surface area contributed by atoms with E-state index in [2.05, 4.69) is 55.3 Å². The lowest BCUT2D eigenvalue weighted by atomic mass is 9.87. The summed E-state index contributed by atoms with van der Waals surface area (Å²) >= 11 is 0. The van der Waals surface area contributed by atoms with E-state index in [9.17, 15) is 5.11 Å². The molecule has 0 amide bonds. The van der Waals surface area contributed by atoms with E-state index >= 15 is 0 Å². The van der Waals surface area contributed by atoms with Crippen LogP contribution in [0, 0.1) is 0 Å². The van der Waals surface area contributed by atoms with Crippen LogP contribution in [0.1, 0.15) is 45.6 Å². The van der Waals surface area contributed by atoms with Crippen molar-refractivity contribution in [1.82, 2.24) is 5.32 Å². The zero-order valence-electron chi connectivity index (χ0n) is 15.3. The lowest BCUT2D eigenvalue weighted by molar-refractivity contribution is 0.0241. The fourth-order valence-electron chi connectivity index (χ4n) is 3.58. The van der Waals surface area contributed by atoms with Crippen LogP contribution >= 0.6 is 0 Å². The molecule has 2 aliphatic rings. The Morgan fingerprint density at radius 2 is 1.88 bits per heavy atom. The predicted molar refractivity (Wildman–Crippen MR) is 98.8 cm³/mol. The summed E-state index contributed by atoms with van der Waals surface area (Å²) in [6.07, 6.45) is 2.99. The molecule has 3 rings (SSSR count). The Morgan fingerprint density at radius 3 is 2.42 bits per heavy atom. The van der Waals surface area contributed by atoms with Crippen LogP contribution in [-0.4, -0.2) is 49.6 Å². The van der Waals surface area contributed by atoms with Crippen molar-refractivity contribution < 1.29 is 9.84 Å². The molecule has 1 aromatic rings. The lowest BCUT2D eigenvalue weighted by Crippen LogP contribution is -2.49. The maximum absolute atomic E-state index is 10.3. The highest BCUT2D eigenvalue weighted by atomic mass is 16.5. The Labute approximate surface area is 146 Å². The van der Waals surface area contributed by atoms with Gasteiger partial charge in [0.2, 0.25) is 0 Å². The van der Waals surface area contributed by atoms with Gasteiger partial charge in [0.1, 0.15) is 5.60 Å². The molecular formula is C20H32N2O2. The molecule has 0 aliphatic carbocycles. The second kappa shape index (κ2) is 7.03. The van der Waals surface area contributed by atoms with Crippen LogP contribution < -0.4 is 10.2 Å². The molecule has 2 fully saturated rings. The maximum atomic E-state index is 10.3. The second-order valence-electron chi connectivity index (χ2n) is 8.47. The van der Waals surface area contributed by atoms with Gasteiger partial charge in [0.25, 0.3) is 0 Å². The van der Waals surface area contributed by atoms with Gasteiger partial charge in [0.15, 0.2) is 0 Å². The first-order chi connectivity index (χ1) is 11.4. The molecule has 0 bridgehead atoms. The fourth-order valence-corrected chi connectivity index (χ4v) is 3.58. The van der Waals surface area contributed by atoms with Crippen LogP contribution in [0.15, 0.2) is 24.3 Å². The first-order valence-electron chi connectivity index (χ1n) is 9.25. The molecule has 2 aliphatic heterocycles. The number of aliphatic hydroxyl groups is 1. The van der Waals surface area contributed by atoms with Crippen LogP contribution in [0.2, 0.25) is 0 Å². The number of rotatable bonds is 4. The van der Waals surface area contributed by atoms with E-state index in [0.717, 1.165) is 32.4 Å². The third-order valence-corrected chi connectivity index (χ3v) is 5.40. The summed E-state index contributed by atoms with van der Waals surface area (Å²) in [5.41, 5.74) is 2.26. The normalized spacial score (nSPS) is 26.1.